The van der Waals surface area contributed by atoms with Crippen LogP contribution in [-0.4, -0.2) is 29.4 Å². The van der Waals surface area contributed by atoms with Crippen molar-refractivity contribution >= 4 is 11.8 Å². The summed E-state index contributed by atoms with van der Waals surface area (Å²) in [5, 5.41) is 5.89. The van der Waals surface area contributed by atoms with Crippen molar-refractivity contribution in [1.82, 2.24) is 15.6 Å². The number of carbonyl (C=O) groups is 2. The van der Waals surface area contributed by atoms with Gasteiger partial charge < -0.3 is 20.1 Å². The van der Waals surface area contributed by atoms with Crippen LogP contribution in [-0.2, 0) is 11.4 Å². The summed E-state index contributed by atoms with van der Waals surface area (Å²) in [7, 11) is 0. The maximum atomic E-state index is 13.1. The van der Waals surface area contributed by atoms with E-state index in [4.69, 9.17) is 9.47 Å². The van der Waals surface area contributed by atoms with Crippen molar-refractivity contribution in [3.05, 3.63) is 89.7 Å². The van der Waals surface area contributed by atoms with Crippen LogP contribution < -0.4 is 20.1 Å². The topological polar surface area (TPSA) is 89.5 Å². The lowest BCUT2D eigenvalue weighted by Crippen LogP contribution is -2.50. The fourth-order valence-electron chi connectivity index (χ4n) is 3.53. The number of nitrogens with zero attached hydrogens (tertiary/aromatic N) is 1. The summed E-state index contributed by atoms with van der Waals surface area (Å²) in [6, 6.07) is 19.2. The number of ether oxygens (including phenoxy) is 2. The Labute approximate surface area is 206 Å². The molecule has 2 N–H and O–H groups in total. The van der Waals surface area contributed by atoms with Gasteiger partial charge in [-0.3, -0.25) is 14.6 Å². The van der Waals surface area contributed by atoms with Crippen LogP contribution in [0.1, 0.15) is 55.4 Å². The molecule has 0 aliphatic carbocycles. The van der Waals surface area contributed by atoms with E-state index in [0.29, 0.717) is 30.3 Å². The van der Waals surface area contributed by atoms with Crippen LogP contribution in [0.15, 0.2) is 72.9 Å². The molecule has 0 saturated heterocycles. The van der Waals surface area contributed by atoms with E-state index in [-0.39, 0.29) is 23.8 Å². The van der Waals surface area contributed by atoms with Crippen LogP contribution in [0.25, 0.3) is 0 Å². The van der Waals surface area contributed by atoms with Crippen molar-refractivity contribution in [3.63, 3.8) is 0 Å². The van der Waals surface area contributed by atoms with Gasteiger partial charge in [0.1, 0.15) is 24.1 Å². The van der Waals surface area contributed by atoms with Crippen LogP contribution in [0.4, 0.5) is 0 Å². The Morgan fingerprint density at radius 3 is 2.31 bits per heavy atom. The zero-order valence-electron chi connectivity index (χ0n) is 20.7. The summed E-state index contributed by atoms with van der Waals surface area (Å²) in [6.45, 7) is 8.52. The largest absolute Gasteiger partial charge is 0.494 e. The van der Waals surface area contributed by atoms with E-state index in [9.17, 15) is 9.59 Å². The molecule has 0 fully saturated rings. The lowest BCUT2D eigenvalue weighted by Gasteiger charge is -2.24. The van der Waals surface area contributed by atoms with Crippen LogP contribution in [0, 0.1) is 5.92 Å². The summed E-state index contributed by atoms with van der Waals surface area (Å²) < 4.78 is 11.3. The summed E-state index contributed by atoms with van der Waals surface area (Å²) in [5.74, 6) is 0.744. The lowest BCUT2D eigenvalue weighted by molar-refractivity contribution is -0.124. The first-order valence-corrected chi connectivity index (χ1v) is 11.8. The van der Waals surface area contributed by atoms with E-state index in [1.807, 2.05) is 70.2 Å². The minimum Gasteiger partial charge on any atom is -0.494 e. The molecule has 3 rings (SSSR count). The maximum Gasteiger partial charge on any atom is 0.251 e. The first-order chi connectivity index (χ1) is 16.9. The molecule has 1 aromatic heterocycles. The Hall–Kier alpha value is -3.87. The molecule has 2 aromatic carbocycles. The molecule has 2 amide bonds. The molecule has 7 heteroatoms. The Kier molecular flexibility index (Phi) is 9.23. The van der Waals surface area contributed by atoms with E-state index >= 15 is 0 Å². The molecule has 1 heterocycles. The molecule has 0 radical (unpaired) electrons. The highest BCUT2D eigenvalue weighted by Gasteiger charge is 2.26. The molecule has 0 bridgehead atoms. The average molecular weight is 476 g/mol. The van der Waals surface area contributed by atoms with E-state index in [2.05, 4.69) is 15.6 Å². The van der Waals surface area contributed by atoms with Crippen molar-refractivity contribution in [2.45, 2.75) is 46.4 Å². The van der Waals surface area contributed by atoms with E-state index < -0.39 is 6.04 Å². The van der Waals surface area contributed by atoms with Crippen LogP contribution in [0.3, 0.4) is 0 Å². The summed E-state index contributed by atoms with van der Waals surface area (Å²) >= 11 is 0. The third-order valence-corrected chi connectivity index (χ3v) is 5.49. The number of aromatic nitrogens is 1. The minimum atomic E-state index is -0.680. The number of hydrogen-bond acceptors (Lipinski definition) is 5. The van der Waals surface area contributed by atoms with Gasteiger partial charge in [-0.05, 0) is 73.9 Å². The fraction of sp³-hybridized carbons (Fsp3) is 0.321. The van der Waals surface area contributed by atoms with Crippen LogP contribution >= 0.6 is 0 Å². The van der Waals surface area contributed by atoms with Gasteiger partial charge in [0, 0.05) is 11.8 Å². The molecule has 0 spiro atoms. The Morgan fingerprint density at radius 2 is 1.66 bits per heavy atom. The molecule has 2 unspecified atom stereocenters. The van der Waals surface area contributed by atoms with Crippen molar-refractivity contribution in [1.29, 1.82) is 0 Å². The third-order valence-electron chi connectivity index (χ3n) is 5.49. The van der Waals surface area contributed by atoms with Gasteiger partial charge in [-0.2, -0.15) is 0 Å². The molecular formula is C28H33N3O4. The van der Waals surface area contributed by atoms with Gasteiger partial charge in [-0.1, -0.05) is 32.0 Å². The quantitative estimate of drug-likeness (QED) is 0.420. The zero-order chi connectivity index (χ0) is 25.2. The van der Waals surface area contributed by atoms with Crippen molar-refractivity contribution < 1.29 is 19.1 Å². The first-order valence-electron chi connectivity index (χ1n) is 11.8. The predicted molar refractivity (Wildman–Crippen MR) is 135 cm³/mol. The maximum absolute atomic E-state index is 13.1. The molecule has 0 aliphatic rings. The summed E-state index contributed by atoms with van der Waals surface area (Å²) in [5.41, 5.74) is 2.21. The Morgan fingerprint density at radius 1 is 0.886 bits per heavy atom. The number of pyridine rings is 1. The van der Waals surface area contributed by atoms with Gasteiger partial charge in [0.15, 0.2) is 0 Å². The van der Waals surface area contributed by atoms with Gasteiger partial charge in [-0.15, -0.1) is 0 Å². The highest BCUT2D eigenvalue weighted by molar-refractivity contribution is 5.97. The number of carbonyl (C=O) groups excluding carboxylic acids is 2. The second kappa shape index (κ2) is 12.6. The second-order valence-electron chi connectivity index (χ2n) is 8.57. The molecule has 35 heavy (non-hydrogen) atoms. The van der Waals surface area contributed by atoms with Gasteiger partial charge >= 0.3 is 0 Å². The molecule has 7 nitrogen and oxygen atoms in total. The van der Waals surface area contributed by atoms with Gasteiger partial charge in [0.25, 0.3) is 5.91 Å². The molecule has 3 aromatic rings. The number of benzene rings is 2. The number of rotatable bonds is 11. The normalized spacial score (nSPS) is 12.5. The Bertz CT molecular complexity index is 1100. The molecule has 0 saturated carbocycles. The fourth-order valence-corrected chi connectivity index (χ4v) is 3.53. The molecule has 0 aliphatic heterocycles. The van der Waals surface area contributed by atoms with E-state index in [0.717, 1.165) is 11.3 Å². The van der Waals surface area contributed by atoms with Gasteiger partial charge in [-0.25, -0.2) is 0 Å². The Balaban J connectivity index is 1.61. The average Bonchev–Trinajstić information content (AvgIpc) is 2.87. The number of nitrogens with one attached hydrogen (secondary N) is 2. The number of hydrogen-bond donors (Lipinski definition) is 2. The monoisotopic (exact) mass is 475 g/mol. The summed E-state index contributed by atoms with van der Waals surface area (Å²) in [6.07, 6.45) is 1.73. The predicted octanol–water partition coefficient (Wildman–Crippen LogP) is 4.69. The third kappa shape index (κ3) is 7.57. The van der Waals surface area contributed by atoms with Crippen molar-refractivity contribution in [2.24, 2.45) is 5.92 Å². The van der Waals surface area contributed by atoms with Crippen LogP contribution in [0.2, 0.25) is 0 Å². The molecular weight excluding hydrogens is 442 g/mol. The summed E-state index contributed by atoms with van der Waals surface area (Å²) in [4.78, 5) is 30.1. The van der Waals surface area contributed by atoms with Crippen molar-refractivity contribution in [3.8, 4) is 11.5 Å². The van der Waals surface area contributed by atoms with Crippen molar-refractivity contribution in [2.75, 3.05) is 6.61 Å². The SMILES string of the molecule is CCOc1ccc(C(=O)NC(C(=O)NC(C)c2cccc(OCc3ccccn3)c2)C(C)C)cc1. The van der Waals surface area contributed by atoms with Crippen LogP contribution in [0.5, 0.6) is 11.5 Å². The highest BCUT2D eigenvalue weighted by Crippen LogP contribution is 2.21. The molecule has 2 atom stereocenters. The lowest BCUT2D eigenvalue weighted by atomic mass is 10.0. The first kappa shape index (κ1) is 25.7. The standard InChI is InChI=1S/C28H33N3O4/c1-5-34-24-14-12-21(13-15-24)27(32)31-26(19(2)3)28(33)30-20(4)22-9-8-11-25(17-22)35-18-23-10-6-7-16-29-23/h6-17,19-20,26H,5,18H2,1-4H3,(H,30,33)(H,31,32). The van der Waals surface area contributed by atoms with E-state index in [1.165, 1.54) is 0 Å². The van der Waals surface area contributed by atoms with Gasteiger partial charge in [0.2, 0.25) is 5.91 Å². The molecule has 184 valence electrons. The van der Waals surface area contributed by atoms with E-state index in [1.54, 1.807) is 30.5 Å². The highest BCUT2D eigenvalue weighted by atomic mass is 16.5. The zero-order valence-corrected chi connectivity index (χ0v) is 20.7. The second-order valence-corrected chi connectivity index (χ2v) is 8.57. The smallest absolute Gasteiger partial charge is 0.251 e. The minimum absolute atomic E-state index is 0.0955. The van der Waals surface area contributed by atoms with Gasteiger partial charge in [0.05, 0.1) is 18.3 Å². The number of amides is 2.